The first-order chi connectivity index (χ1) is 26.2. The number of hydrogen-bond acceptors (Lipinski definition) is 3. The molecule has 0 unspecified atom stereocenters. The summed E-state index contributed by atoms with van der Waals surface area (Å²) < 4.78 is 6.20. The maximum Gasteiger partial charge on any atom is 0.160 e. The van der Waals surface area contributed by atoms with Gasteiger partial charge in [-0.25, -0.2) is 9.97 Å². The SMILES string of the molecule is c1ccc(-c2cccc(-c3cc(-c4ccc5oc6ccccc6c5c4)cc(-c4cc(-c5ccc6ccccc6c5)nc(-c5ccccc5)n4)c3)c2)cc1. The summed E-state index contributed by atoms with van der Waals surface area (Å²) in [4.78, 5) is 10.4. The Morgan fingerprint density at radius 2 is 0.830 bits per heavy atom. The molecule has 0 bridgehead atoms. The molecule has 2 heterocycles. The van der Waals surface area contributed by atoms with Crippen LogP contribution in [0.2, 0.25) is 0 Å². The second-order valence-electron chi connectivity index (χ2n) is 13.4. The Bertz CT molecular complexity index is 2950. The van der Waals surface area contributed by atoms with Crippen molar-refractivity contribution in [3.63, 3.8) is 0 Å². The summed E-state index contributed by atoms with van der Waals surface area (Å²) in [6, 6.07) is 68.3. The second kappa shape index (κ2) is 12.9. The lowest BCUT2D eigenvalue weighted by Crippen LogP contribution is -1.96. The van der Waals surface area contributed by atoms with E-state index in [9.17, 15) is 0 Å². The molecule has 0 aliphatic carbocycles. The van der Waals surface area contributed by atoms with Gasteiger partial charge in [0.05, 0.1) is 11.4 Å². The number of benzene rings is 8. The molecular weight excluding hydrogens is 645 g/mol. The first kappa shape index (κ1) is 30.7. The molecule has 0 radical (unpaired) electrons. The number of hydrogen-bond donors (Lipinski definition) is 0. The molecule has 53 heavy (non-hydrogen) atoms. The topological polar surface area (TPSA) is 38.9 Å². The highest BCUT2D eigenvalue weighted by molar-refractivity contribution is 6.06. The molecular formula is C50H32N2O. The molecule has 0 amide bonds. The first-order valence-electron chi connectivity index (χ1n) is 17.9. The number of para-hydroxylation sites is 1. The quantitative estimate of drug-likeness (QED) is 0.176. The largest absolute Gasteiger partial charge is 0.456 e. The summed E-state index contributed by atoms with van der Waals surface area (Å²) in [5.74, 6) is 0.690. The average molecular weight is 677 g/mol. The summed E-state index contributed by atoms with van der Waals surface area (Å²) in [5, 5.41) is 4.59. The maximum absolute atomic E-state index is 6.20. The van der Waals surface area contributed by atoms with Gasteiger partial charge in [0.25, 0.3) is 0 Å². The van der Waals surface area contributed by atoms with Gasteiger partial charge in [-0.05, 0) is 98.8 Å². The molecule has 10 rings (SSSR count). The zero-order valence-corrected chi connectivity index (χ0v) is 28.8. The van der Waals surface area contributed by atoms with Gasteiger partial charge < -0.3 is 4.42 Å². The molecule has 0 fully saturated rings. The third-order valence-electron chi connectivity index (χ3n) is 10.0. The Morgan fingerprint density at radius 1 is 0.283 bits per heavy atom. The Balaban J connectivity index is 1.19. The van der Waals surface area contributed by atoms with Crippen molar-refractivity contribution < 1.29 is 4.42 Å². The van der Waals surface area contributed by atoms with Crippen molar-refractivity contribution in [1.82, 2.24) is 9.97 Å². The number of fused-ring (bicyclic) bond motifs is 4. The van der Waals surface area contributed by atoms with Crippen molar-refractivity contribution in [2.45, 2.75) is 0 Å². The lowest BCUT2D eigenvalue weighted by atomic mass is 9.92. The monoisotopic (exact) mass is 676 g/mol. The summed E-state index contributed by atoms with van der Waals surface area (Å²) in [7, 11) is 0. The van der Waals surface area contributed by atoms with Gasteiger partial charge in [0.1, 0.15) is 11.2 Å². The fourth-order valence-corrected chi connectivity index (χ4v) is 7.33. The van der Waals surface area contributed by atoms with Crippen molar-refractivity contribution in [2.24, 2.45) is 0 Å². The summed E-state index contributed by atoms with van der Waals surface area (Å²) in [5.41, 5.74) is 13.4. The molecule has 0 spiro atoms. The van der Waals surface area contributed by atoms with Gasteiger partial charge >= 0.3 is 0 Å². The lowest BCUT2D eigenvalue weighted by molar-refractivity contribution is 0.669. The maximum atomic E-state index is 6.20. The number of aromatic nitrogens is 2. The highest BCUT2D eigenvalue weighted by Gasteiger charge is 2.15. The van der Waals surface area contributed by atoms with Gasteiger partial charge in [-0.15, -0.1) is 0 Å². The highest BCUT2D eigenvalue weighted by Crippen LogP contribution is 2.38. The number of furan rings is 1. The number of nitrogens with zero attached hydrogens (tertiary/aromatic N) is 2. The molecule has 8 aromatic carbocycles. The van der Waals surface area contributed by atoms with Crippen molar-refractivity contribution in [3.05, 3.63) is 194 Å². The fourth-order valence-electron chi connectivity index (χ4n) is 7.33. The molecule has 3 nitrogen and oxygen atoms in total. The van der Waals surface area contributed by atoms with Crippen LogP contribution in [0.5, 0.6) is 0 Å². The zero-order valence-electron chi connectivity index (χ0n) is 28.8. The van der Waals surface area contributed by atoms with Crippen LogP contribution in [0.3, 0.4) is 0 Å². The van der Waals surface area contributed by atoms with E-state index < -0.39 is 0 Å². The van der Waals surface area contributed by atoms with Gasteiger partial charge in [-0.2, -0.15) is 0 Å². The third-order valence-corrected chi connectivity index (χ3v) is 10.0. The lowest BCUT2D eigenvalue weighted by Gasteiger charge is -2.14. The predicted octanol–water partition coefficient (Wildman–Crippen LogP) is 13.5. The molecule has 0 saturated heterocycles. The molecule has 248 valence electrons. The first-order valence-corrected chi connectivity index (χ1v) is 17.9. The Labute approximate surface area is 307 Å². The van der Waals surface area contributed by atoms with Gasteiger partial charge in [0, 0.05) is 27.5 Å². The van der Waals surface area contributed by atoms with E-state index in [2.05, 4.69) is 164 Å². The fraction of sp³-hybridized carbons (Fsp3) is 0. The van der Waals surface area contributed by atoms with Crippen LogP contribution in [0.15, 0.2) is 199 Å². The minimum Gasteiger partial charge on any atom is -0.456 e. The minimum absolute atomic E-state index is 0.690. The van der Waals surface area contributed by atoms with Crippen molar-refractivity contribution in [1.29, 1.82) is 0 Å². The molecule has 0 aliphatic rings. The van der Waals surface area contributed by atoms with Crippen molar-refractivity contribution in [3.8, 4) is 67.3 Å². The molecule has 0 atom stereocenters. The molecule has 10 aromatic rings. The smallest absolute Gasteiger partial charge is 0.160 e. The molecule has 0 aliphatic heterocycles. The van der Waals surface area contributed by atoms with Crippen LogP contribution >= 0.6 is 0 Å². The molecule has 2 aromatic heterocycles. The van der Waals surface area contributed by atoms with E-state index in [4.69, 9.17) is 14.4 Å². The van der Waals surface area contributed by atoms with Crippen LogP contribution in [-0.4, -0.2) is 9.97 Å². The molecule has 0 saturated carbocycles. The summed E-state index contributed by atoms with van der Waals surface area (Å²) in [6.45, 7) is 0. The predicted molar refractivity (Wildman–Crippen MR) is 219 cm³/mol. The van der Waals surface area contributed by atoms with E-state index in [1.807, 2.05) is 30.3 Å². The van der Waals surface area contributed by atoms with Crippen LogP contribution in [-0.2, 0) is 0 Å². The van der Waals surface area contributed by atoms with Gasteiger partial charge in [0.15, 0.2) is 5.82 Å². The van der Waals surface area contributed by atoms with Crippen molar-refractivity contribution in [2.75, 3.05) is 0 Å². The average Bonchev–Trinajstić information content (AvgIpc) is 3.62. The minimum atomic E-state index is 0.690. The molecule has 3 heteroatoms. The third kappa shape index (κ3) is 5.85. The van der Waals surface area contributed by atoms with Crippen LogP contribution in [0.1, 0.15) is 0 Å². The summed E-state index contributed by atoms with van der Waals surface area (Å²) >= 11 is 0. The van der Waals surface area contributed by atoms with Gasteiger partial charge in [-0.1, -0.05) is 140 Å². The normalized spacial score (nSPS) is 11.4. The van der Waals surface area contributed by atoms with E-state index in [1.165, 1.54) is 21.9 Å². The van der Waals surface area contributed by atoms with E-state index in [1.54, 1.807) is 0 Å². The Kier molecular flexibility index (Phi) is 7.47. The van der Waals surface area contributed by atoms with Crippen LogP contribution in [0, 0.1) is 0 Å². The van der Waals surface area contributed by atoms with Gasteiger partial charge in [-0.3, -0.25) is 0 Å². The van der Waals surface area contributed by atoms with E-state index in [0.29, 0.717) is 5.82 Å². The van der Waals surface area contributed by atoms with E-state index in [-0.39, 0.29) is 0 Å². The Hall–Kier alpha value is -7.10. The van der Waals surface area contributed by atoms with Gasteiger partial charge in [0.2, 0.25) is 0 Å². The molecule has 0 N–H and O–H groups in total. The van der Waals surface area contributed by atoms with Crippen LogP contribution < -0.4 is 0 Å². The standard InChI is InChI=1S/C50H32N2O/c1-3-12-33(13-4-1)37-18-11-19-38(26-37)41-28-42(39-24-25-49-45(31-39)44-20-9-10-21-48(44)53-49)30-43(29-41)47-32-46(51-50(52-47)35-15-5-2-6-16-35)40-23-22-34-14-7-8-17-36(34)27-40/h1-32H. The van der Waals surface area contributed by atoms with Crippen LogP contribution in [0.4, 0.5) is 0 Å². The highest BCUT2D eigenvalue weighted by atomic mass is 16.3. The Morgan fingerprint density at radius 3 is 1.62 bits per heavy atom. The zero-order chi connectivity index (χ0) is 35.1. The number of rotatable bonds is 6. The van der Waals surface area contributed by atoms with Crippen LogP contribution in [0.25, 0.3) is 100.0 Å². The van der Waals surface area contributed by atoms with Crippen molar-refractivity contribution >= 4 is 32.7 Å². The van der Waals surface area contributed by atoms with E-state index in [0.717, 1.165) is 72.3 Å². The second-order valence-corrected chi connectivity index (χ2v) is 13.4. The van der Waals surface area contributed by atoms with E-state index >= 15 is 0 Å². The summed E-state index contributed by atoms with van der Waals surface area (Å²) in [6.07, 6.45) is 0.